The van der Waals surface area contributed by atoms with Crippen LogP contribution in [0.15, 0.2) is 36.4 Å². The highest BCUT2D eigenvalue weighted by Gasteiger charge is 2.25. The van der Waals surface area contributed by atoms with Gasteiger partial charge in [-0.3, -0.25) is 0 Å². The minimum absolute atomic E-state index is 0.130. The van der Waals surface area contributed by atoms with Crippen LogP contribution in [-0.2, 0) is 0 Å². The number of para-hydroxylation sites is 2. The number of anilines is 1. The molecular weight excluding hydrogens is 336 g/mol. The molecule has 1 saturated heterocycles. The number of ether oxygens (including phenoxy) is 3. The molecule has 3 rings (SSSR count). The number of nitrogens with one attached hydrogen (secondary N) is 1. The van der Waals surface area contributed by atoms with Gasteiger partial charge in [0.1, 0.15) is 11.9 Å². The molecule has 1 aliphatic rings. The Morgan fingerprint density at radius 3 is 2.62 bits per heavy atom. The molecule has 0 aliphatic carbocycles. The van der Waals surface area contributed by atoms with Crippen LogP contribution in [-0.4, -0.2) is 54.5 Å². The number of benzene rings is 1. The highest BCUT2D eigenvalue weighted by molar-refractivity contribution is 5.91. The highest BCUT2D eigenvalue weighted by Crippen LogP contribution is 2.24. The van der Waals surface area contributed by atoms with Gasteiger partial charge in [0.25, 0.3) is 0 Å². The summed E-state index contributed by atoms with van der Waals surface area (Å²) in [5.74, 6) is 1.47. The molecule has 1 N–H and O–H groups in total. The molecule has 2 aromatic rings. The summed E-state index contributed by atoms with van der Waals surface area (Å²) in [4.78, 5) is 14.3. The van der Waals surface area contributed by atoms with Crippen LogP contribution >= 0.6 is 0 Å². The van der Waals surface area contributed by atoms with Gasteiger partial charge in [0.05, 0.1) is 26.5 Å². The molecule has 1 unspecified atom stereocenters. The van der Waals surface area contributed by atoms with Crippen molar-refractivity contribution in [3.63, 3.8) is 0 Å². The monoisotopic (exact) mass is 358 g/mol. The molecule has 8 heteroatoms. The highest BCUT2D eigenvalue weighted by atomic mass is 16.5. The molecular formula is C18H22N4O4. The summed E-state index contributed by atoms with van der Waals surface area (Å²) in [6, 6.07) is 10.5. The smallest absolute Gasteiger partial charge is 0.322 e. The van der Waals surface area contributed by atoms with E-state index in [1.165, 1.54) is 7.11 Å². The SMILES string of the molecule is COc1ccc(OC2CCCN(C(=O)Nc3ccccc3OC)C2)nn1. The second-order valence-corrected chi connectivity index (χ2v) is 5.87. The maximum absolute atomic E-state index is 12.6. The number of methoxy groups -OCH3 is 2. The van der Waals surface area contributed by atoms with E-state index < -0.39 is 0 Å². The number of hydrogen-bond acceptors (Lipinski definition) is 6. The summed E-state index contributed by atoms with van der Waals surface area (Å²) in [5, 5.41) is 10.8. The zero-order valence-electron chi connectivity index (χ0n) is 14.8. The van der Waals surface area contributed by atoms with Gasteiger partial charge in [-0.25, -0.2) is 4.79 Å². The van der Waals surface area contributed by atoms with E-state index in [9.17, 15) is 4.79 Å². The average molecular weight is 358 g/mol. The van der Waals surface area contributed by atoms with Crippen molar-refractivity contribution in [1.82, 2.24) is 15.1 Å². The Bertz CT molecular complexity index is 738. The molecule has 1 aliphatic heterocycles. The predicted octanol–water partition coefficient (Wildman–Crippen LogP) is 2.57. The number of carbonyl (C=O) groups is 1. The lowest BCUT2D eigenvalue weighted by Crippen LogP contribution is -2.46. The van der Waals surface area contributed by atoms with E-state index in [0.717, 1.165) is 12.8 Å². The van der Waals surface area contributed by atoms with Crippen molar-refractivity contribution in [1.29, 1.82) is 0 Å². The number of nitrogens with zero attached hydrogens (tertiary/aromatic N) is 3. The first kappa shape index (κ1) is 17.8. The normalized spacial score (nSPS) is 16.7. The lowest BCUT2D eigenvalue weighted by Gasteiger charge is -2.32. The van der Waals surface area contributed by atoms with Crippen LogP contribution in [0.25, 0.3) is 0 Å². The third-order valence-corrected chi connectivity index (χ3v) is 4.13. The first-order valence-corrected chi connectivity index (χ1v) is 8.43. The first-order valence-electron chi connectivity index (χ1n) is 8.43. The third-order valence-electron chi connectivity index (χ3n) is 4.13. The van der Waals surface area contributed by atoms with E-state index in [0.29, 0.717) is 36.3 Å². The maximum atomic E-state index is 12.6. The topological polar surface area (TPSA) is 85.8 Å². The summed E-state index contributed by atoms with van der Waals surface area (Å²) < 4.78 is 16.1. The zero-order chi connectivity index (χ0) is 18.4. The van der Waals surface area contributed by atoms with Gasteiger partial charge in [0, 0.05) is 18.7 Å². The Hall–Kier alpha value is -3.03. The molecule has 1 aromatic carbocycles. The molecule has 1 fully saturated rings. The maximum Gasteiger partial charge on any atom is 0.322 e. The van der Waals surface area contributed by atoms with E-state index in [-0.39, 0.29) is 12.1 Å². The van der Waals surface area contributed by atoms with Crippen LogP contribution in [0.3, 0.4) is 0 Å². The molecule has 26 heavy (non-hydrogen) atoms. The lowest BCUT2D eigenvalue weighted by atomic mass is 10.1. The van der Waals surface area contributed by atoms with Gasteiger partial charge in [0.2, 0.25) is 11.8 Å². The summed E-state index contributed by atoms with van der Waals surface area (Å²) in [5.41, 5.74) is 0.643. The van der Waals surface area contributed by atoms with Gasteiger partial charge in [-0.15, -0.1) is 10.2 Å². The fraction of sp³-hybridized carbons (Fsp3) is 0.389. The lowest BCUT2D eigenvalue weighted by molar-refractivity contribution is 0.101. The quantitative estimate of drug-likeness (QED) is 0.884. The molecule has 1 atom stereocenters. The summed E-state index contributed by atoms with van der Waals surface area (Å²) >= 11 is 0. The number of amides is 2. The second-order valence-electron chi connectivity index (χ2n) is 5.87. The van der Waals surface area contributed by atoms with Crippen molar-refractivity contribution in [3.05, 3.63) is 36.4 Å². The van der Waals surface area contributed by atoms with Gasteiger partial charge >= 0.3 is 6.03 Å². The van der Waals surface area contributed by atoms with Gasteiger partial charge in [-0.05, 0) is 25.0 Å². The van der Waals surface area contributed by atoms with Crippen LogP contribution < -0.4 is 19.5 Å². The van der Waals surface area contributed by atoms with E-state index in [4.69, 9.17) is 14.2 Å². The van der Waals surface area contributed by atoms with Gasteiger partial charge in [-0.2, -0.15) is 0 Å². The third kappa shape index (κ3) is 4.33. The molecule has 1 aromatic heterocycles. The molecule has 0 bridgehead atoms. The van der Waals surface area contributed by atoms with Crippen molar-refractivity contribution in [3.8, 4) is 17.5 Å². The Labute approximate surface area is 152 Å². The van der Waals surface area contributed by atoms with Crippen LogP contribution in [0, 0.1) is 0 Å². The number of hydrogen-bond donors (Lipinski definition) is 1. The molecule has 2 amide bonds. The van der Waals surface area contributed by atoms with Crippen molar-refractivity contribution < 1.29 is 19.0 Å². The second kappa shape index (κ2) is 8.37. The Morgan fingerprint density at radius 1 is 1.12 bits per heavy atom. The van der Waals surface area contributed by atoms with E-state index in [2.05, 4.69) is 15.5 Å². The molecule has 0 spiro atoms. The zero-order valence-corrected chi connectivity index (χ0v) is 14.8. The van der Waals surface area contributed by atoms with Gasteiger partial charge in [0.15, 0.2) is 0 Å². The predicted molar refractivity (Wildman–Crippen MR) is 95.8 cm³/mol. The Morgan fingerprint density at radius 2 is 1.88 bits per heavy atom. The van der Waals surface area contributed by atoms with E-state index in [1.807, 2.05) is 18.2 Å². The minimum atomic E-state index is -0.177. The minimum Gasteiger partial charge on any atom is -0.495 e. The molecule has 2 heterocycles. The Balaban J connectivity index is 1.59. The van der Waals surface area contributed by atoms with Crippen molar-refractivity contribution in [2.45, 2.75) is 18.9 Å². The fourth-order valence-corrected chi connectivity index (χ4v) is 2.81. The number of piperidine rings is 1. The van der Waals surface area contributed by atoms with Crippen LogP contribution in [0.5, 0.6) is 17.5 Å². The molecule has 138 valence electrons. The number of urea groups is 1. The number of rotatable bonds is 5. The summed E-state index contributed by atoms with van der Waals surface area (Å²) in [6.07, 6.45) is 1.58. The van der Waals surface area contributed by atoms with Gasteiger partial charge in [-0.1, -0.05) is 12.1 Å². The van der Waals surface area contributed by atoms with Crippen LogP contribution in [0.1, 0.15) is 12.8 Å². The number of carbonyl (C=O) groups excluding carboxylic acids is 1. The largest absolute Gasteiger partial charge is 0.495 e. The van der Waals surface area contributed by atoms with E-state index in [1.54, 1.807) is 30.2 Å². The van der Waals surface area contributed by atoms with Crippen molar-refractivity contribution in [2.75, 3.05) is 32.6 Å². The average Bonchev–Trinajstić information content (AvgIpc) is 2.69. The Kier molecular flexibility index (Phi) is 5.73. The van der Waals surface area contributed by atoms with Crippen molar-refractivity contribution >= 4 is 11.7 Å². The van der Waals surface area contributed by atoms with Crippen LogP contribution in [0.2, 0.25) is 0 Å². The summed E-state index contributed by atoms with van der Waals surface area (Å²) in [6.45, 7) is 1.16. The molecule has 8 nitrogen and oxygen atoms in total. The van der Waals surface area contributed by atoms with Gasteiger partial charge < -0.3 is 24.4 Å². The molecule has 0 saturated carbocycles. The summed E-state index contributed by atoms with van der Waals surface area (Å²) in [7, 11) is 3.11. The standard InChI is InChI=1S/C18H22N4O4/c1-24-15-8-4-3-7-14(15)19-18(23)22-11-5-6-13(12-22)26-17-10-9-16(25-2)20-21-17/h3-4,7-10,13H,5-6,11-12H2,1-2H3,(H,19,23). The molecule has 0 radical (unpaired) electrons. The van der Waals surface area contributed by atoms with Crippen molar-refractivity contribution in [2.24, 2.45) is 0 Å². The number of likely N-dealkylation sites (tertiary alicyclic amines) is 1. The van der Waals surface area contributed by atoms with E-state index >= 15 is 0 Å². The first-order chi connectivity index (χ1) is 12.7. The number of aromatic nitrogens is 2. The fourth-order valence-electron chi connectivity index (χ4n) is 2.81. The van der Waals surface area contributed by atoms with Crippen LogP contribution in [0.4, 0.5) is 10.5 Å².